The van der Waals surface area contributed by atoms with Gasteiger partial charge in [-0.3, -0.25) is 0 Å². The summed E-state index contributed by atoms with van der Waals surface area (Å²) in [7, 11) is -1.47. The van der Waals surface area contributed by atoms with Crippen molar-refractivity contribution in [1.29, 1.82) is 0 Å². The molecule has 0 fully saturated rings. The fourth-order valence-corrected chi connectivity index (χ4v) is 4.31. The molecule has 1 aromatic heterocycles. The lowest BCUT2D eigenvalue weighted by Gasteiger charge is -2.27. The van der Waals surface area contributed by atoms with E-state index in [2.05, 4.69) is 14.6 Å². The topological polar surface area (TPSA) is 62.3 Å². The third-order valence-corrected chi connectivity index (χ3v) is 5.97. The van der Waals surface area contributed by atoms with Crippen LogP contribution in [0, 0.1) is 0 Å². The number of nitrogens with one attached hydrogen (secondary N) is 1. The van der Waals surface area contributed by atoms with E-state index in [1.54, 1.807) is 17.6 Å². The van der Waals surface area contributed by atoms with Crippen molar-refractivity contribution >= 4 is 27.0 Å². The molecule has 1 aliphatic heterocycles. The van der Waals surface area contributed by atoms with Crippen LogP contribution in [0.2, 0.25) is 0 Å². The lowest BCUT2D eigenvalue weighted by Crippen LogP contribution is -2.28. The van der Waals surface area contributed by atoms with Crippen LogP contribution >= 0.6 is 11.3 Å². The number of sulfonamides is 1. The second-order valence-corrected chi connectivity index (χ2v) is 7.93. The van der Waals surface area contributed by atoms with E-state index in [1.165, 1.54) is 16.9 Å². The quantitative estimate of drug-likeness (QED) is 0.907. The first-order chi connectivity index (χ1) is 10.6. The van der Waals surface area contributed by atoms with Crippen molar-refractivity contribution in [2.24, 2.45) is 0 Å². The average Bonchev–Trinajstić information content (AvgIpc) is 3.00. The largest absolute Gasteiger partial charge is 0.374 e. The fraction of sp³-hybridized carbons (Fsp3) is 0.400. The first-order valence-corrected chi connectivity index (χ1v) is 9.70. The zero-order valence-corrected chi connectivity index (χ0v) is 14.1. The second-order valence-electron chi connectivity index (χ2n) is 5.44. The molecule has 5 nitrogen and oxygen atoms in total. The summed E-state index contributed by atoms with van der Waals surface area (Å²) < 4.78 is 27.5. The Balaban J connectivity index is 1.73. The molecule has 118 valence electrons. The maximum absolute atomic E-state index is 12.4. The fourth-order valence-electron chi connectivity index (χ4n) is 2.66. The van der Waals surface area contributed by atoms with Gasteiger partial charge in [0.15, 0.2) is 0 Å². The highest BCUT2D eigenvalue weighted by Crippen LogP contribution is 2.28. The summed E-state index contributed by atoms with van der Waals surface area (Å²) in [5.74, 6) is 0. The second kappa shape index (κ2) is 6.36. The number of hydrogen-bond acceptors (Lipinski definition) is 5. The number of nitrogens with zero attached hydrogens (tertiary/aromatic N) is 2. The molecule has 0 saturated carbocycles. The van der Waals surface area contributed by atoms with Crippen LogP contribution in [0.4, 0.5) is 5.69 Å². The molecule has 7 heteroatoms. The van der Waals surface area contributed by atoms with E-state index in [1.807, 2.05) is 18.5 Å². The van der Waals surface area contributed by atoms with Gasteiger partial charge in [-0.15, -0.1) is 11.3 Å². The Hall–Kier alpha value is -1.44. The van der Waals surface area contributed by atoms with Gasteiger partial charge in [-0.2, -0.15) is 0 Å². The SMILES string of the molecule is CN1CCCc2ccc(S(=O)(=O)NCCc3cscn3)cc21. The molecule has 0 saturated heterocycles. The van der Waals surface area contributed by atoms with Crippen LogP contribution in [0.5, 0.6) is 0 Å². The van der Waals surface area contributed by atoms with E-state index >= 15 is 0 Å². The van der Waals surface area contributed by atoms with Gasteiger partial charge in [-0.05, 0) is 30.5 Å². The highest BCUT2D eigenvalue weighted by atomic mass is 32.2. The molecular weight excluding hydrogens is 318 g/mol. The predicted octanol–water partition coefficient (Wildman–Crippen LogP) is 2.05. The molecule has 1 aliphatic rings. The molecule has 2 heterocycles. The third-order valence-electron chi connectivity index (χ3n) is 3.87. The number of hydrogen-bond donors (Lipinski definition) is 1. The Morgan fingerprint density at radius 3 is 3.05 bits per heavy atom. The Kier molecular flexibility index (Phi) is 4.46. The van der Waals surface area contributed by atoms with Gasteiger partial charge in [-0.1, -0.05) is 6.07 Å². The number of thiazole rings is 1. The summed E-state index contributed by atoms with van der Waals surface area (Å²) >= 11 is 1.52. The van der Waals surface area contributed by atoms with Crippen LogP contribution in [0.1, 0.15) is 17.7 Å². The Morgan fingerprint density at radius 1 is 1.41 bits per heavy atom. The highest BCUT2D eigenvalue weighted by molar-refractivity contribution is 7.89. The average molecular weight is 337 g/mol. The molecular formula is C15H19N3O2S2. The predicted molar refractivity (Wildman–Crippen MR) is 89.0 cm³/mol. The smallest absolute Gasteiger partial charge is 0.240 e. The molecule has 22 heavy (non-hydrogen) atoms. The standard InChI is InChI=1S/C15H19N3O2S2/c1-18-8-2-3-12-4-5-14(9-15(12)18)22(19,20)17-7-6-13-10-21-11-16-13/h4-5,9-11,17H,2-3,6-8H2,1H3. The monoisotopic (exact) mass is 337 g/mol. The Labute approximate surface area is 135 Å². The van der Waals surface area contributed by atoms with Gasteiger partial charge in [0.2, 0.25) is 10.0 Å². The number of rotatable bonds is 5. The molecule has 0 spiro atoms. The van der Waals surface area contributed by atoms with E-state index in [0.29, 0.717) is 17.9 Å². The molecule has 1 N–H and O–H groups in total. The van der Waals surface area contributed by atoms with Gasteiger partial charge in [-0.25, -0.2) is 18.1 Å². The maximum atomic E-state index is 12.4. The molecule has 2 aromatic rings. The minimum atomic E-state index is -3.47. The molecule has 0 bridgehead atoms. The van der Waals surface area contributed by atoms with E-state index in [4.69, 9.17) is 0 Å². The van der Waals surface area contributed by atoms with E-state index in [0.717, 1.165) is 30.8 Å². The Morgan fingerprint density at radius 2 is 2.27 bits per heavy atom. The maximum Gasteiger partial charge on any atom is 0.240 e. The highest BCUT2D eigenvalue weighted by Gasteiger charge is 2.19. The first-order valence-electron chi connectivity index (χ1n) is 7.27. The summed E-state index contributed by atoms with van der Waals surface area (Å²) in [5.41, 5.74) is 4.91. The van der Waals surface area contributed by atoms with Crippen molar-refractivity contribution in [2.45, 2.75) is 24.2 Å². The summed E-state index contributed by atoms with van der Waals surface area (Å²) in [4.78, 5) is 6.60. The van der Waals surface area contributed by atoms with Crippen LogP contribution in [-0.4, -0.2) is 33.5 Å². The normalized spacial score (nSPS) is 14.9. The van der Waals surface area contributed by atoms with E-state index < -0.39 is 10.0 Å². The molecule has 0 amide bonds. The number of aromatic nitrogens is 1. The number of fused-ring (bicyclic) bond motifs is 1. The van der Waals surface area contributed by atoms with Gasteiger partial charge >= 0.3 is 0 Å². The lowest BCUT2D eigenvalue weighted by molar-refractivity contribution is 0.581. The van der Waals surface area contributed by atoms with Crippen molar-refractivity contribution in [1.82, 2.24) is 9.71 Å². The van der Waals surface area contributed by atoms with Crippen LogP contribution in [0.25, 0.3) is 0 Å². The van der Waals surface area contributed by atoms with Gasteiger partial charge in [0, 0.05) is 37.6 Å². The number of aryl methyl sites for hydroxylation is 1. The van der Waals surface area contributed by atoms with Gasteiger partial charge < -0.3 is 4.90 Å². The molecule has 0 aliphatic carbocycles. The molecule has 1 aromatic carbocycles. The van der Waals surface area contributed by atoms with Crippen molar-refractivity contribution in [3.63, 3.8) is 0 Å². The van der Waals surface area contributed by atoms with Crippen molar-refractivity contribution in [3.05, 3.63) is 40.3 Å². The van der Waals surface area contributed by atoms with Crippen LogP contribution in [0.3, 0.4) is 0 Å². The van der Waals surface area contributed by atoms with Gasteiger partial charge in [0.25, 0.3) is 0 Å². The zero-order chi connectivity index (χ0) is 15.6. The summed E-state index contributed by atoms with van der Waals surface area (Å²) in [6, 6.07) is 5.41. The van der Waals surface area contributed by atoms with E-state index in [9.17, 15) is 8.42 Å². The minimum absolute atomic E-state index is 0.332. The van der Waals surface area contributed by atoms with Crippen LogP contribution < -0.4 is 9.62 Å². The van der Waals surface area contributed by atoms with Crippen molar-refractivity contribution in [3.8, 4) is 0 Å². The van der Waals surface area contributed by atoms with Crippen molar-refractivity contribution < 1.29 is 8.42 Å². The minimum Gasteiger partial charge on any atom is -0.374 e. The summed E-state index contributed by atoms with van der Waals surface area (Å²) in [6.45, 7) is 1.33. The molecule has 0 unspecified atom stereocenters. The van der Waals surface area contributed by atoms with Gasteiger partial charge in [0.05, 0.1) is 16.1 Å². The molecule has 0 radical (unpaired) electrons. The van der Waals surface area contributed by atoms with E-state index in [-0.39, 0.29) is 0 Å². The zero-order valence-electron chi connectivity index (χ0n) is 12.4. The summed E-state index contributed by atoms with van der Waals surface area (Å²) in [6.07, 6.45) is 2.73. The first kappa shape index (κ1) is 15.5. The molecule has 3 rings (SSSR count). The molecule has 0 atom stereocenters. The lowest BCUT2D eigenvalue weighted by atomic mass is 10.0. The van der Waals surface area contributed by atoms with Crippen LogP contribution in [0.15, 0.2) is 34.0 Å². The van der Waals surface area contributed by atoms with Crippen LogP contribution in [-0.2, 0) is 22.9 Å². The van der Waals surface area contributed by atoms with Gasteiger partial charge in [0.1, 0.15) is 0 Å². The Bertz CT molecular complexity index is 742. The number of anilines is 1. The summed E-state index contributed by atoms with van der Waals surface area (Å²) in [5, 5.41) is 1.93. The third kappa shape index (κ3) is 3.31. The van der Waals surface area contributed by atoms with Crippen molar-refractivity contribution in [2.75, 3.05) is 25.0 Å². The number of benzene rings is 1.